The molecule has 0 saturated carbocycles. The lowest BCUT2D eigenvalue weighted by atomic mass is 10.2. The molecule has 1 amide bonds. The Morgan fingerprint density at radius 2 is 2.00 bits per heavy atom. The summed E-state index contributed by atoms with van der Waals surface area (Å²) in [6, 6.07) is 6.96. The van der Waals surface area contributed by atoms with Crippen molar-refractivity contribution in [2.75, 3.05) is 6.61 Å². The number of primary amides is 1. The Kier molecular flexibility index (Phi) is 1.82. The fraction of sp³-hybridized carbons (Fsp3) is 0.222. The van der Waals surface area contributed by atoms with Crippen molar-refractivity contribution in [3.63, 3.8) is 0 Å². The fourth-order valence-electron chi connectivity index (χ4n) is 1.19. The second kappa shape index (κ2) is 2.88. The van der Waals surface area contributed by atoms with Gasteiger partial charge in [0.05, 0.1) is 0 Å². The van der Waals surface area contributed by atoms with Gasteiger partial charge in [0.1, 0.15) is 0 Å². The maximum Gasteiger partial charge on any atom is 0.280 e. The van der Waals surface area contributed by atoms with Gasteiger partial charge in [0, 0.05) is 0 Å². The van der Waals surface area contributed by atoms with Gasteiger partial charge in [-0.2, -0.15) is 0 Å². The summed E-state index contributed by atoms with van der Waals surface area (Å²) < 4.78 is 10.5. The lowest BCUT2D eigenvalue weighted by molar-refractivity contribution is -0.137. The van der Waals surface area contributed by atoms with Crippen LogP contribution in [0.2, 0.25) is 0 Å². The van der Waals surface area contributed by atoms with Gasteiger partial charge in [-0.05, 0) is 12.1 Å². The zero-order valence-corrected chi connectivity index (χ0v) is 7.40. The van der Waals surface area contributed by atoms with Crippen molar-refractivity contribution in [3.8, 4) is 11.5 Å². The molecule has 1 aliphatic heterocycles. The van der Waals surface area contributed by atoms with Crippen LogP contribution in [0.4, 0.5) is 0 Å². The van der Waals surface area contributed by atoms with Crippen LogP contribution in [0.3, 0.4) is 0 Å². The van der Waals surface area contributed by atoms with Crippen LogP contribution in [0, 0.1) is 0 Å². The molecule has 14 heavy (non-hydrogen) atoms. The summed E-state index contributed by atoms with van der Waals surface area (Å²) in [6.45, 7) is -0.0701. The first kappa shape index (κ1) is 8.83. The Balaban J connectivity index is 2.34. The molecular weight excluding hydrogens is 184 g/mol. The van der Waals surface area contributed by atoms with Crippen LogP contribution in [0.1, 0.15) is 0 Å². The number of fused-ring (bicyclic) bond motifs is 1. The maximum absolute atomic E-state index is 11.0. The molecule has 5 heteroatoms. The van der Waals surface area contributed by atoms with Gasteiger partial charge in [-0.15, -0.1) is 0 Å². The SMILES string of the molecule is NC(=O)C1(N)COc2ccccc2O1. The van der Waals surface area contributed by atoms with E-state index in [4.69, 9.17) is 20.9 Å². The lowest BCUT2D eigenvalue weighted by Crippen LogP contribution is -2.62. The van der Waals surface area contributed by atoms with E-state index in [0.717, 1.165) is 0 Å². The Hall–Kier alpha value is -1.75. The van der Waals surface area contributed by atoms with Gasteiger partial charge in [-0.1, -0.05) is 12.1 Å². The maximum atomic E-state index is 11.0. The average molecular weight is 194 g/mol. The molecule has 0 bridgehead atoms. The van der Waals surface area contributed by atoms with Crippen LogP contribution in [0.5, 0.6) is 11.5 Å². The first-order valence-corrected chi connectivity index (χ1v) is 4.11. The first-order valence-electron chi connectivity index (χ1n) is 4.11. The second-order valence-corrected chi connectivity index (χ2v) is 3.09. The lowest BCUT2D eigenvalue weighted by Gasteiger charge is -2.32. The zero-order chi connectivity index (χ0) is 10.2. The van der Waals surface area contributed by atoms with Gasteiger partial charge in [-0.25, -0.2) is 0 Å². The minimum absolute atomic E-state index is 0.0701. The number of para-hydroxylation sites is 2. The standard InChI is InChI=1S/C9H10N2O3/c10-8(12)9(11)5-13-6-3-1-2-4-7(6)14-9/h1-4H,5,11H2,(H2,10,12). The number of carbonyl (C=O) groups is 1. The third-order valence-corrected chi connectivity index (χ3v) is 2.00. The number of amides is 1. The number of hydrogen-bond donors (Lipinski definition) is 2. The smallest absolute Gasteiger partial charge is 0.280 e. The third kappa shape index (κ3) is 1.27. The predicted molar refractivity (Wildman–Crippen MR) is 48.7 cm³/mol. The highest BCUT2D eigenvalue weighted by atomic mass is 16.6. The molecule has 0 aliphatic carbocycles. The van der Waals surface area contributed by atoms with Gasteiger partial charge < -0.3 is 15.2 Å². The summed E-state index contributed by atoms with van der Waals surface area (Å²) in [5, 5.41) is 0. The number of nitrogens with two attached hydrogens (primary N) is 2. The summed E-state index contributed by atoms with van der Waals surface area (Å²) in [7, 11) is 0. The monoisotopic (exact) mass is 194 g/mol. The summed E-state index contributed by atoms with van der Waals surface area (Å²) in [5.41, 5.74) is 9.12. The van der Waals surface area contributed by atoms with E-state index in [2.05, 4.69) is 0 Å². The molecule has 1 unspecified atom stereocenters. The molecule has 0 spiro atoms. The Morgan fingerprint density at radius 1 is 1.36 bits per heavy atom. The Bertz CT molecular complexity index is 380. The molecule has 74 valence electrons. The van der Waals surface area contributed by atoms with E-state index in [-0.39, 0.29) is 6.61 Å². The molecule has 0 radical (unpaired) electrons. The third-order valence-electron chi connectivity index (χ3n) is 2.00. The highest BCUT2D eigenvalue weighted by Gasteiger charge is 2.39. The second-order valence-electron chi connectivity index (χ2n) is 3.09. The molecule has 1 aromatic rings. The van der Waals surface area contributed by atoms with Gasteiger partial charge in [0.2, 0.25) is 0 Å². The van der Waals surface area contributed by atoms with E-state index >= 15 is 0 Å². The molecule has 0 fully saturated rings. The van der Waals surface area contributed by atoms with E-state index in [9.17, 15) is 4.79 Å². The molecule has 1 aromatic carbocycles. The van der Waals surface area contributed by atoms with Crippen molar-refractivity contribution in [2.24, 2.45) is 11.5 Å². The molecule has 1 aliphatic rings. The first-order chi connectivity index (χ1) is 6.62. The molecule has 4 N–H and O–H groups in total. The predicted octanol–water partition coefficient (Wildman–Crippen LogP) is -0.402. The molecule has 0 saturated heterocycles. The summed E-state index contributed by atoms with van der Waals surface area (Å²) >= 11 is 0. The van der Waals surface area contributed by atoms with Crippen LogP contribution in [0.15, 0.2) is 24.3 Å². The average Bonchev–Trinajstić information content (AvgIpc) is 2.17. The van der Waals surface area contributed by atoms with Crippen LogP contribution in [-0.2, 0) is 4.79 Å². The Labute approximate surface area is 80.6 Å². The molecule has 0 aromatic heterocycles. The minimum Gasteiger partial charge on any atom is -0.483 e. The number of hydrogen-bond acceptors (Lipinski definition) is 4. The van der Waals surface area contributed by atoms with E-state index in [1.54, 1.807) is 24.3 Å². The fourth-order valence-corrected chi connectivity index (χ4v) is 1.19. The summed E-state index contributed by atoms with van der Waals surface area (Å²) in [6.07, 6.45) is 0. The number of ether oxygens (including phenoxy) is 2. The topological polar surface area (TPSA) is 87.6 Å². The van der Waals surface area contributed by atoms with Crippen molar-refractivity contribution < 1.29 is 14.3 Å². The molecule has 1 heterocycles. The summed E-state index contributed by atoms with van der Waals surface area (Å²) in [5.74, 6) is 0.252. The van der Waals surface area contributed by atoms with E-state index in [0.29, 0.717) is 11.5 Å². The van der Waals surface area contributed by atoms with Crippen LogP contribution >= 0.6 is 0 Å². The van der Waals surface area contributed by atoms with Crippen LogP contribution in [-0.4, -0.2) is 18.2 Å². The quantitative estimate of drug-likeness (QED) is 0.636. The number of rotatable bonds is 1. The van der Waals surface area contributed by atoms with Crippen molar-refractivity contribution in [3.05, 3.63) is 24.3 Å². The van der Waals surface area contributed by atoms with E-state index in [1.807, 2.05) is 0 Å². The molecular formula is C9H10N2O3. The van der Waals surface area contributed by atoms with Crippen molar-refractivity contribution >= 4 is 5.91 Å². The highest BCUT2D eigenvalue weighted by Crippen LogP contribution is 2.32. The molecule has 1 atom stereocenters. The van der Waals surface area contributed by atoms with Gasteiger partial charge in [-0.3, -0.25) is 10.5 Å². The van der Waals surface area contributed by atoms with Gasteiger partial charge in [0.15, 0.2) is 18.1 Å². The van der Waals surface area contributed by atoms with E-state index < -0.39 is 11.6 Å². The summed E-state index contributed by atoms with van der Waals surface area (Å²) in [4.78, 5) is 11.0. The Morgan fingerprint density at radius 3 is 2.64 bits per heavy atom. The van der Waals surface area contributed by atoms with Gasteiger partial charge in [0.25, 0.3) is 11.6 Å². The highest BCUT2D eigenvalue weighted by molar-refractivity contribution is 5.83. The molecule has 5 nitrogen and oxygen atoms in total. The van der Waals surface area contributed by atoms with Crippen LogP contribution < -0.4 is 20.9 Å². The van der Waals surface area contributed by atoms with Crippen molar-refractivity contribution in [1.82, 2.24) is 0 Å². The normalized spacial score (nSPS) is 24.4. The molecule has 2 rings (SSSR count). The minimum atomic E-state index is -1.56. The largest absolute Gasteiger partial charge is 0.483 e. The van der Waals surface area contributed by atoms with E-state index in [1.165, 1.54) is 0 Å². The van der Waals surface area contributed by atoms with Crippen molar-refractivity contribution in [1.29, 1.82) is 0 Å². The number of benzene rings is 1. The zero-order valence-electron chi connectivity index (χ0n) is 7.40. The van der Waals surface area contributed by atoms with Crippen LogP contribution in [0.25, 0.3) is 0 Å². The number of carbonyl (C=O) groups excluding carboxylic acids is 1. The van der Waals surface area contributed by atoms with Gasteiger partial charge >= 0.3 is 0 Å². The van der Waals surface area contributed by atoms with Crippen molar-refractivity contribution in [2.45, 2.75) is 5.72 Å².